The third-order valence-electron chi connectivity index (χ3n) is 11.1. The van der Waals surface area contributed by atoms with Gasteiger partial charge in [-0.15, -0.1) is 0 Å². The van der Waals surface area contributed by atoms with Crippen molar-refractivity contribution in [1.82, 2.24) is 5.32 Å². The van der Waals surface area contributed by atoms with E-state index < -0.39 is 61.5 Å². The Hall–Kier alpha value is -0.850. The van der Waals surface area contributed by atoms with E-state index in [0.717, 1.165) is 44.9 Å². The van der Waals surface area contributed by atoms with Gasteiger partial charge in [-0.1, -0.05) is 194 Å². The molecule has 8 atom stereocenters. The summed E-state index contributed by atoms with van der Waals surface area (Å²) in [5.74, 6) is -0.581. The van der Waals surface area contributed by atoms with Crippen molar-refractivity contribution in [2.24, 2.45) is 0 Å². The van der Waals surface area contributed by atoms with Gasteiger partial charge in [-0.25, -0.2) is 0 Å². The molecule has 0 spiro atoms. The zero-order chi connectivity index (χ0) is 38.9. The van der Waals surface area contributed by atoms with E-state index in [-0.39, 0.29) is 6.61 Å². The first-order chi connectivity index (χ1) is 25.8. The summed E-state index contributed by atoms with van der Waals surface area (Å²) in [4.78, 5) is 13.0. The van der Waals surface area contributed by atoms with Gasteiger partial charge in [0, 0.05) is 0 Å². The molecule has 1 rings (SSSR count). The maximum Gasteiger partial charge on any atom is 0.249 e. The Balaban J connectivity index is 2.40. The number of nitrogens with one attached hydrogen (secondary N) is 1. The summed E-state index contributed by atoms with van der Waals surface area (Å²) in [5.41, 5.74) is 0. The highest BCUT2D eigenvalue weighted by molar-refractivity contribution is 5.80. The molecular formula is C43H85NO9. The number of carbonyl (C=O) groups is 1. The van der Waals surface area contributed by atoms with Crippen molar-refractivity contribution >= 4 is 5.91 Å². The van der Waals surface area contributed by atoms with Crippen LogP contribution in [0.5, 0.6) is 0 Å². The first kappa shape index (κ1) is 50.2. The minimum absolute atomic E-state index is 0.250. The minimum atomic E-state index is -1.59. The summed E-state index contributed by atoms with van der Waals surface area (Å²) in [7, 11) is 0. The predicted molar refractivity (Wildman–Crippen MR) is 214 cm³/mol. The average Bonchev–Trinajstić information content (AvgIpc) is 3.16. The fourth-order valence-electron chi connectivity index (χ4n) is 7.34. The predicted octanol–water partition coefficient (Wildman–Crippen LogP) is 7.75. The Bertz CT molecular complexity index is 819. The van der Waals surface area contributed by atoms with Crippen LogP contribution in [0.1, 0.15) is 206 Å². The number of carbonyl (C=O) groups excluding carboxylic acids is 1. The van der Waals surface area contributed by atoms with Crippen molar-refractivity contribution in [3.8, 4) is 0 Å². The number of hydrogen-bond acceptors (Lipinski definition) is 9. The van der Waals surface area contributed by atoms with Gasteiger partial charge in [0.1, 0.15) is 30.5 Å². The molecule has 1 aliphatic heterocycles. The van der Waals surface area contributed by atoms with Crippen LogP contribution in [-0.2, 0) is 14.3 Å². The second-order valence-corrected chi connectivity index (χ2v) is 16.0. The summed E-state index contributed by atoms with van der Waals surface area (Å²) < 4.78 is 11.2. The lowest BCUT2D eigenvalue weighted by Gasteiger charge is -2.40. The highest BCUT2D eigenvalue weighted by Crippen LogP contribution is 2.23. The molecule has 0 radical (unpaired) electrons. The van der Waals surface area contributed by atoms with E-state index >= 15 is 0 Å². The van der Waals surface area contributed by atoms with Gasteiger partial charge in [0.05, 0.1) is 25.4 Å². The molecule has 8 unspecified atom stereocenters. The Morgan fingerprint density at radius 2 is 0.943 bits per heavy atom. The zero-order valence-electron chi connectivity index (χ0n) is 34.2. The van der Waals surface area contributed by atoms with Crippen LogP contribution in [0.2, 0.25) is 0 Å². The molecule has 1 aliphatic rings. The van der Waals surface area contributed by atoms with Crippen LogP contribution in [0.3, 0.4) is 0 Å². The number of aliphatic hydroxyl groups is 6. The molecule has 1 saturated heterocycles. The molecule has 10 nitrogen and oxygen atoms in total. The van der Waals surface area contributed by atoms with Gasteiger partial charge in [-0.3, -0.25) is 4.79 Å². The van der Waals surface area contributed by atoms with Gasteiger partial charge in [0.2, 0.25) is 5.91 Å². The van der Waals surface area contributed by atoms with E-state index in [0.29, 0.717) is 12.8 Å². The first-order valence-corrected chi connectivity index (χ1v) is 22.3. The molecule has 7 N–H and O–H groups in total. The van der Waals surface area contributed by atoms with E-state index in [1.807, 2.05) is 0 Å². The maximum absolute atomic E-state index is 13.0. The Morgan fingerprint density at radius 1 is 0.566 bits per heavy atom. The fourth-order valence-corrected chi connectivity index (χ4v) is 7.34. The number of amides is 1. The van der Waals surface area contributed by atoms with Gasteiger partial charge < -0.3 is 45.4 Å². The lowest BCUT2D eigenvalue weighted by atomic mass is 9.99. The Kier molecular flexibility index (Phi) is 32.6. The van der Waals surface area contributed by atoms with Crippen LogP contribution in [0, 0.1) is 0 Å². The standard InChI is InChI=1S/C43H85NO9/c1-3-5-7-9-11-13-15-17-18-20-22-24-26-28-30-32-37(47)42(51)44-35(34-52-43-41(50)40(49)39(48)38(33-45)53-43)36(46)31-29-27-25-23-21-19-16-14-12-10-8-6-4-2/h35-41,43,45-50H,3-34H2,1-2H3,(H,44,51). The highest BCUT2D eigenvalue weighted by atomic mass is 16.7. The van der Waals surface area contributed by atoms with Gasteiger partial charge in [-0.05, 0) is 12.8 Å². The second-order valence-electron chi connectivity index (χ2n) is 16.0. The Labute approximate surface area is 324 Å². The third-order valence-corrected chi connectivity index (χ3v) is 11.1. The molecule has 1 heterocycles. The smallest absolute Gasteiger partial charge is 0.249 e. The molecule has 0 aromatic carbocycles. The first-order valence-electron chi connectivity index (χ1n) is 22.3. The van der Waals surface area contributed by atoms with E-state index in [2.05, 4.69) is 19.2 Å². The topological polar surface area (TPSA) is 169 Å². The van der Waals surface area contributed by atoms with Gasteiger partial charge >= 0.3 is 0 Å². The monoisotopic (exact) mass is 760 g/mol. The summed E-state index contributed by atoms with van der Waals surface area (Å²) in [6.07, 6.45) is 25.7. The number of unbranched alkanes of at least 4 members (excludes halogenated alkanes) is 26. The van der Waals surface area contributed by atoms with Crippen LogP contribution in [0.25, 0.3) is 0 Å². The summed E-state index contributed by atoms with van der Waals surface area (Å²) in [6.45, 7) is 3.66. The summed E-state index contributed by atoms with van der Waals surface area (Å²) in [6, 6.07) is -0.886. The van der Waals surface area contributed by atoms with Gasteiger partial charge in [0.15, 0.2) is 6.29 Å². The summed E-state index contributed by atoms with van der Waals surface area (Å²) >= 11 is 0. The molecular weight excluding hydrogens is 674 g/mol. The molecule has 10 heteroatoms. The van der Waals surface area contributed by atoms with Crippen LogP contribution in [0.15, 0.2) is 0 Å². The van der Waals surface area contributed by atoms with E-state index in [1.54, 1.807) is 0 Å². The van der Waals surface area contributed by atoms with Crippen molar-refractivity contribution in [2.45, 2.75) is 255 Å². The second kappa shape index (κ2) is 34.4. The van der Waals surface area contributed by atoms with Gasteiger partial charge in [0.25, 0.3) is 0 Å². The number of hydrogen-bond donors (Lipinski definition) is 7. The molecule has 53 heavy (non-hydrogen) atoms. The summed E-state index contributed by atoms with van der Waals surface area (Å²) in [5, 5.41) is 64.7. The normalized spacial score (nSPS) is 22.2. The maximum atomic E-state index is 13.0. The van der Waals surface area contributed by atoms with Crippen molar-refractivity contribution in [1.29, 1.82) is 0 Å². The van der Waals surface area contributed by atoms with E-state index in [4.69, 9.17) is 9.47 Å². The SMILES string of the molecule is CCCCCCCCCCCCCCCCCC(O)C(=O)NC(COC1OC(CO)C(O)C(O)C1O)C(O)CCCCCCCCCCCCCCC. The minimum Gasteiger partial charge on any atom is -0.394 e. The molecule has 0 aliphatic carbocycles. The molecule has 0 saturated carbocycles. The van der Waals surface area contributed by atoms with Crippen molar-refractivity contribution in [2.75, 3.05) is 13.2 Å². The average molecular weight is 760 g/mol. The van der Waals surface area contributed by atoms with E-state index in [1.165, 1.54) is 135 Å². The zero-order valence-corrected chi connectivity index (χ0v) is 34.2. The van der Waals surface area contributed by atoms with Crippen molar-refractivity contribution in [3.05, 3.63) is 0 Å². The van der Waals surface area contributed by atoms with E-state index in [9.17, 15) is 35.4 Å². The molecule has 0 aromatic heterocycles. The van der Waals surface area contributed by atoms with Crippen LogP contribution < -0.4 is 5.32 Å². The molecule has 0 aromatic rings. The van der Waals surface area contributed by atoms with Crippen LogP contribution >= 0.6 is 0 Å². The fraction of sp³-hybridized carbons (Fsp3) is 0.977. The largest absolute Gasteiger partial charge is 0.394 e. The van der Waals surface area contributed by atoms with Gasteiger partial charge in [-0.2, -0.15) is 0 Å². The number of aliphatic hydroxyl groups excluding tert-OH is 6. The lowest BCUT2D eigenvalue weighted by Crippen LogP contribution is -2.60. The van der Waals surface area contributed by atoms with Crippen molar-refractivity contribution in [3.63, 3.8) is 0 Å². The quantitative estimate of drug-likeness (QED) is 0.0313. The Morgan fingerprint density at radius 3 is 1.34 bits per heavy atom. The molecule has 0 bridgehead atoms. The molecule has 1 fully saturated rings. The van der Waals surface area contributed by atoms with Crippen molar-refractivity contribution < 1.29 is 44.9 Å². The van der Waals surface area contributed by atoms with Crippen LogP contribution in [-0.4, -0.2) is 98.7 Å². The number of rotatable bonds is 37. The molecule has 1 amide bonds. The third kappa shape index (κ3) is 25.1. The molecule has 316 valence electrons. The number of ether oxygens (including phenoxy) is 2. The highest BCUT2D eigenvalue weighted by Gasteiger charge is 2.44. The van der Waals surface area contributed by atoms with Crippen LogP contribution in [0.4, 0.5) is 0 Å². The lowest BCUT2D eigenvalue weighted by molar-refractivity contribution is -0.302.